The number of carbonyl (C=O) groups excluding carboxylic acids is 1. The quantitative estimate of drug-likeness (QED) is 0.764. The number of nitrogens with one attached hydrogen (secondary N) is 2. The van der Waals surface area contributed by atoms with Crippen molar-refractivity contribution in [2.24, 2.45) is 5.92 Å². The number of carboxylic acids is 1. The Kier molecular flexibility index (Phi) is 5.26. The average molecular weight is 317 g/mol. The van der Waals surface area contributed by atoms with Gasteiger partial charge in [0, 0.05) is 37.2 Å². The first-order chi connectivity index (χ1) is 10.9. The minimum atomic E-state index is -0.904. The van der Waals surface area contributed by atoms with Gasteiger partial charge in [0.15, 0.2) is 0 Å². The van der Waals surface area contributed by atoms with E-state index < -0.39 is 11.9 Å². The summed E-state index contributed by atoms with van der Waals surface area (Å²) in [5, 5.41) is 12.9. The van der Waals surface area contributed by atoms with Gasteiger partial charge in [-0.15, -0.1) is 0 Å². The van der Waals surface area contributed by atoms with E-state index in [1.807, 2.05) is 12.3 Å². The maximum atomic E-state index is 12.0. The van der Waals surface area contributed by atoms with E-state index in [0.29, 0.717) is 6.54 Å². The maximum absolute atomic E-state index is 12.0. The summed E-state index contributed by atoms with van der Waals surface area (Å²) >= 11 is 0. The fourth-order valence-electron chi connectivity index (χ4n) is 2.58. The van der Waals surface area contributed by atoms with Crippen LogP contribution in [-0.4, -0.2) is 47.1 Å². The second-order valence-corrected chi connectivity index (χ2v) is 5.91. The summed E-state index contributed by atoms with van der Waals surface area (Å²) in [5.74, 6) is -1.49. The fraction of sp³-hybridized carbons (Fsp3) is 0.412. The van der Waals surface area contributed by atoms with Crippen LogP contribution in [0.3, 0.4) is 0 Å². The predicted molar refractivity (Wildman–Crippen MR) is 89.6 cm³/mol. The Bertz CT molecular complexity index is 708. The number of aromatic nitrogens is 1. The number of hydrogen-bond acceptors (Lipinski definition) is 2. The van der Waals surface area contributed by atoms with Gasteiger partial charge in [-0.3, -0.25) is 4.79 Å². The van der Waals surface area contributed by atoms with Crippen LogP contribution >= 0.6 is 0 Å². The number of aromatic amines is 1. The third kappa shape index (κ3) is 4.03. The second-order valence-electron chi connectivity index (χ2n) is 5.91. The van der Waals surface area contributed by atoms with E-state index in [-0.39, 0.29) is 12.6 Å². The number of benzene rings is 1. The predicted octanol–water partition coefficient (Wildman–Crippen LogP) is 2.38. The number of amides is 2. The van der Waals surface area contributed by atoms with Crippen LogP contribution < -0.4 is 5.32 Å². The molecule has 6 heteroatoms. The van der Waals surface area contributed by atoms with Crippen LogP contribution in [0.5, 0.6) is 0 Å². The zero-order chi connectivity index (χ0) is 17.0. The summed E-state index contributed by atoms with van der Waals surface area (Å²) in [5.41, 5.74) is 3.48. The van der Waals surface area contributed by atoms with Gasteiger partial charge in [0.1, 0.15) is 0 Å². The van der Waals surface area contributed by atoms with Crippen LogP contribution in [0, 0.1) is 12.8 Å². The highest BCUT2D eigenvalue weighted by Crippen LogP contribution is 2.21. The SMILES string of the molecule is Cc1cccc2c(CCNC(=O)N(C)CC(C)C(=O)O)c[nH]c12. The largest absolute Gasteiger partial charge is 0.481 e. The van der Waals surface area contributed by atoms with Gasteiger partial charge in [-0.2, -0.15) is 0 Å². The third-order valence-electron chi connectivity index (χ3n) is 4.00. The summed E-state index contributed by atoms with van der Waals surface area (Å²) in [4.78, 5) is 27.4. The normalized spacial score (nSPS) is 12.1. The van der Waals surface area contributed by atoms with Crippen LogP contribution in [-0.2, 0) is 11.2 Å². The van der Waals surface area contributed by atoms with Crippen LogP contribution in [0.4, 0.5) is 4.79 Å². The number of hydrogen-bond donors (Lipinski definition) is 3. The number of H-pyrrole nitrogens is 1. The first-order valence-corrected chi connectivity index (χ1v) is 7.67. The van der Waals surface area contributed by atoms with Crippen molar-refractivity contribution in [3.63, 3.8) is 0 Å². The molecule has 0 bridgehead atoms. The van der Waals surface area contributed by atoms with Gasteiger partial charge >= 0.3 is 12.0 Å². The smallest absolute Gasteiger partial charge is 0.317 e. The Morgan fingerprint density at radius 2 is 2.13 bits per heavy atom. The van der Waals surface area contributed by atoms with Crippen molar-refractivity contribution in [1.29, 1.82) is 0 Å². The lowest BCUT2D eigenvalue weighted by Crippen LogP contribution is -2.41. The van der Waals surface area contributed by atoms with Crippen molar-refractivity contribution in [3.05, 3.63) is 35.5 Å². The maximum Gasteiger partial charge on any atom is 0.317 e. The molecule has 2 rings (SSSR count). The van der Waals surface area contributed by atoms with E-state index in [0.717, 1.165) is 17.5 Å². The molecule has 2 amide bonds. The summed E-state index contributed by atoms with van der Waals surface area (Å²) in [6, 6.07) is 5.89. The van der Waals surface area contributed by atoms with Gasteiger partial charge in [-0.05, 0) is 24.5 Å². The van der Waals surface area contributed by atoms with Gasteiger partial charge < -0.3 is 20.3 Å². The Hall–Kier alpha value is -2.50. The molecule has 0 fully saturated rings. The Labute approximate surface area is 135 Å². The van der Waals surface area contributed by atoms with E-state index >= 15 is 0 Å². The minimum Gasteiger partial charge on any atom is -0.481 e. The van der Waals surface area contributed by atoms with E-state index in [1.165, 1.54) is 15.8 Å². The molecule has 1 aromatic carbocycles. The van der Waals surface area contributed by atoms with Crippen molar-refractivity contribution in [3.8, 4) is 0 Å². The molecule has 0 aliphatic heterocycles. The van der Waals surface area contributed by atoms with Crippen molar-refractivity contribution in [2.75, 3.05) is 20.1 Å². The number of aliphatic carboxylic acids is 1. The lowest BCUT2D eigenvalue weighted by Gasteiger charge is -2.19. The second kappa shape index (κ2) is 7.17. The monoisotopic (exact) mass is 317 g/mol. The number of carboxylic acid groups (broad SMARTS) is 1. The first kappa shape index (κ1) is 16.9. The van der Waals surface area contributed by atoms with Crippen LogP contribution in [0.1, 0.15) is 18.1 Å². The van der Waals surface area contributed by atoms with Crippen LogP contribution in [0.15, 0.2) is 24.4 Å². The molecule has 3 N–H and O–H groups in total. The molecule has 1 unspecified atom stereocenters. The van der Waals surface area contributed by atoms with Crippen LogP contribution in [0.25, 0.3) is 10.9 Å². The molecule has 0 spiro atoms. The molecule has 1 aromatic heterocycles. The van der Waals surface area contributed by atoms with E-state index in [1.54, 1.807) is 14.0 Å². The standard InChI is InChI=1S/C17H23N3O3/c1-11-5-4-6-14-13(9-19-15(11)14)7-8-18-17(23)20(3)10-12(2)16(21)22/h4-6,9,12,19H,7-8,10H2,1-3H3,(H,18,23)(H,21,22). The van der Waals surface area contributed by atoms with E-state index in [9.17, 15) is 9.59 Å². The number of aryl methyl sites for hydroxylation is 1. The molecular formula is C17H23N3O3. The average Bonchev–Trinajstić information content (AvgIpc) is 2.91. The zero-order valence-corrected chi connectivity index (χ0v) is 13.7. The first-order valence-electron chi connectivity index (χ1n) is 7.67. The van der Waals surface area contributed by atoms with Crippen molar-refractivity contribution in [2.45, 2.75) is 20.3 Å². The highest BCUT2D eigenvalue weighted by molar-refractivity contribution is 5.86. The molecule has 0 saturated carbocycles. The fourth-order valence-corrected chi connectivity index (χ4v) is 2.58. The van der Waals surface area contributed by atoms with Gasteiger partial charge in [-0.1, -0.05) is 25.1 Å². The number of fused-ring (bicyclic) bond motifs is 1. The molecule has 0 aliphatic carbocycles. The lowest BCUT2D eigenvalue weighted by atomic mass is 10.1. The van der Waals surface area contributed by atoms with Crippen molar-refractivity contribution in [1.82, 2.24) is 15.2 Å². The molecule has 124 valence electrons. The van der Waals surface area contributed by atoms with Gasteiger partial charge in [0.05, 0.1) is 5.92 Å². The molecule has 1 heterocycles. The lowest BCUT2D eigenvalue weighted by molar-refractivity contribution is -0.141. The molecule has 1 atom stereocenters. The summed E-state index contributed by atoms with van der Waals surface area (Å²) in [6.45, 7) is 4.34. The minimum absolute atomic E-state index is 0.188. The van der Waals surface area contributed by atoms with Gasteiger partial charge in [0.2, 0.25) is 0 Å². The number of rotatable bonds is 6. The number of urea groups is 1. The Balaban J connectivity index is 1.87. The molecule has 0 aliphatic rings. The number of para-hydroxylation sites is 1. The Morgan fingerprint density at radius 1 is 1.39 bits per heavy atom. The molecule has 2 aromatic rings. The summed E-state index contributed by atoms with van der Waals surface area (Å²) < 4.78 is 0. The van der Waals surface area contributed by atoms with Crippen LogP contribution in [0.2, 0.25) is 0 Å². The van der Waals surface area contributed by atoms with E-state index in [2.05, 4.69) is 29.4 Å². The van der Waals surface area contributed by atoms with Gasteiger partial charge in [0.25, 0.3) is 0 Å². The highest BCUT2D eigenvalue weighted by Gasteiger charge is 2.17. The summed E-state index contributed by atoms with van der Waals surface area (Å²) in [6.07, 6.45) is 2.69. The molecule has 23 heavy (non-hydrogen) atoms. The summed E-state index contributed by atoms with van der Waals surface area (Å²) in [7, 11) is 1.60. The van der Waals surface area contributed by atoms with Crippen molar-refractivity contribution >= 4 is 22.9 Å². The number of nitrogens with zero attached hydrogens (tertiary/aromatic N) is 1. The molecular weight excluding hydrogens is 294 g/mol. The number of carbonyl (C=O) groups is 2. The van der Waals surface area contributed by atoms with E-state index in [4.69, 9.17) is 5.11 Å². The molecule has 6 nitrogen and oxygen atoms in total. The molecule has 0 saturated heterocycles. The van der Waals surface area contributed by atoms with Crippen molar-refractivity contribution < 1.29 is 14.7 Å². The molecule has 0 radical (unpaired) electrons. The topological polar surface area (TPSA) is 85.4 Å². The Morgan fingerprint density at radius 3 is 2.83 bits per heavy atom. The van der Waals surface area contributed by atoms with Gasteiger partial charge in [-0.25, -0.2) is 4.79 Å². The third-order valence-corrected chi connectivity index (χ3v) is 4.00. The highest BCUT2D eigenvalue weighted by atomic mass is 16.4. The zero-order valence-electron chi connectivity index (χ0n) is 13.7.